The third-order valence-electron chi connectivity index (χ3n) is 6.86. The van der Waals surface area contributed by atoms with Crippen molar-refractivity contribution in [2.24, 2.45) is 10.9 Å². The molecule has 1 aromatic heterocycles. The van der Waals surface area contributed by atoms with E-state index in [2.05, 4.69) is 15.3 Å². The Morgan fingerprint density at radius 1 is 1.26 bits per heavy atom. The molecule has 2 aromatic rings. The van der Waals surface area contributed by atoms with Gasteiger partial charge in [-0.3, -0.25) is 4.99 Å². The largest absolute Gasteiger partial charge is 0.466 e. The highest BCUT2D eigenvalue weighted by molar-refractivity contribution is 7.88. The lowest BCUT2D eigenvalue weighted by Crippen LogP contribution is -2.44. The van der Waals surface area contributed by atoms with Crippen LogP contribution in [0.1, 0.15) is 55.6 Å². The minimum Gasteiger partial charge on any atom is -0.466 e. The van der Waals surface area contributed by atoms with Crippen molar-refractivity contribution in [1.82, 2.24) is 14.6 Å². The van der Waals surface area contributed by atoms with E-state index < -0.39 is 38.7 Å². The van der Waals surface area contributed by atoms with Crippen molar-refractivity contribution in [1.29, 1.82) is 0 Å². The van der Waals surface area contributed by atoms with E-state index in [0.717, 1.165) is 6.07 Å². The molecule has 1 aliphatic heterocycles. The van der Waals surface area contributed by atoms with Crippen molar-refractivity contribution in [3.05, 3.63) is 62.2 Å². The molecule has 1 saturated carbocycles. The number of hydrogen-bond acceptors (Lipinski definition) is 8. The molecule has 1 unspecified atom stereocenters. The van der Waals surface area contributed by atoms with E-state index in [1.165, 1.54) is 30.8 Å². The van der Waals surface area contributed by atoms with E-state index in [1.54, 1.807) is 15.9 Å². The van der Waals surface area contributed by atoms with Crippen LogP contribution in [0, 0.1) is 17.6 Å². The molecule has 2 aliphatic rings. The molecule has 0 amide bonds. The minimum atomic E-state index is -3.37. The molecule has 206 valence electrons. The molecule has 1 N–H and O–H groups in total. The summed E-state index contributed by atoms with van der Waals surface area (Å²) in [5.74, 6) is -2.80. The van der Waals surface area contributed by atoms with Crippen molar-refractivity contribution in [3.63, 3.8) is 0 Å². The third kappa shape index (κ3) is 5.78. The normalized spacial score (nSPS) is 22.3. The Labute approximate surface area is 229 Å². The Hall–Kier alpha value is -2.41. The summed E-state index contributed by atoms with van der Waals surface area (Å²) in [4.78, 5) is 22.1. The van der Waals surface area contributed by atoms with Crippen LogP contribution in [0.3, 0.4) is 0 Å². The summed E-state index contributed by atoms with van der Waals surface area (Å²) < 4.78 is 59.8. The first-order chi connectivity index (χ1) is 18.1. The molecule has 0 bridgehead atoms. The monoisotopic (exact) mass is 586 g/mol. The number of methoxy groups -OCH3 is 1. The number of esters is 1. The van der Waals surface area contributed by atoms with Crippen LogP contribution >= 0.6 is 22.9 Å². The molecule has 1 aromatic carbocycles. The number of halogens is 3. The van der Waals surface area contributed by atoms with Crippen molar-refractivity contribution in [2.45, 2.75) is 51.1 Å². The second-order valence-electron chi connectivity index (χ2n) is 9.31. The van der Waals surface area contributed by atoms with Gasteiger partial charge in [0.1, 0.15) is 6.04 Å². The highest BCUT2D eigenvalue weighted by Gasteiger charge is 2.39. The maximum atomic E-state index is 14.5. The van der Waals surface area contributed by atoms with Gasteiger partial charge in [-0.1, -0.05) is 24.6 Å². The molecule has 4 rings (SSSR count). The molecule has 13 heteroatoms. The zero-order valence-electron chi connectivity index (χ0n) is 21.2. The van der Waals surface area contributed by atoms with Gasteiger partial charge in [0.25, 0.3) is 0 Å². The van der Waals surface area contributed by atoms with Crippen LogP contribution in [0.15, 0.2) is 40.0 Å². The lowest BCUT2D eigenvalue weighted by atomic mass is 9.80. The standard InChI is InChI=1S/C25H29ClF2N4O4S2/c1-4-12-32(38(3,34)35)15-7-5-14(6-8-15)21-18(25(33)36-2)22(16-9-10-17(27)20(28)19(16)26)31-23(30-21)24-29-11-13-37-24/h9-11,13-15,22H,4-8,12H2,1-3H3,(H,30,31). The van der Waals surface area contributed by atoms with Gasteiger partial charge in [-0.05, 0) is 44.1 Å². The molecule has 1 aliphatic carbocycles. The lowest BCUT2D eigenvalue weighted by Gasteiger charge is -2.38. The first kappa shape index (κ1) is 28.6. The van der Waals surface area contributed by atoms with Crippen LogP contribution in [-0.2, 0) is 19.6 Å². The van der Waals surface area contributed by atoms with Gasteiger partial charge in [0, 0.05) is 35.4 Å². The van der Waals surface area contributed by atoms with Crippen LogP contribution in [0.5, 0.6) is 0 Å². The van der Waals surface area contributed by atoms with Crippen LogP contribution in [0.25, 0.3) is 0 Å². The molecule has 2 heterocycles. The topological polar surface area (TPSA) is 101 Å². The van der Waals surface area contributed by atoms with Gasteiger partial charge in [-0.2, -0.15) is 4.31 Å². The van der Waals surface area contributed by atoms with Gasteiger partial charge in [0.05, 0.1) is 24.0 Å². The average Bonchev–Trinajstić information content (AvgIpc) is 3.44. The number of nitrogens with one attached hydrogen (secondary N) is 1. The number of sulfonamides is 1. The fourth-order valence-corrected chi connectivity index (χ4v) is 7.25. The Morgan fingerprint density at radius 2 is 1.97 bits per heavy atom. The molecule has 38 heavy (non-hydrogen) atoms. The van der Waals surface area contributed by atoms with Crippen LogP contribution in [0.2, 0.25) is 5.02 Å². The van der Waals surface area contributed by atoms with Gasteiger partial charge in [0.2, 0.25) is 10.0 Å². The van der Waals surface area contributed by atoms with Gasteiger partial charge < -0.3 is 10.1 Å². The highest BCUT2D eigenvalue weighted by Crippen LogP contribution is 2.42. The first-order valence-corrected chi connectivity index (χ1v) is 15.3. The Bertz CT molecular complexity index is 1360. The predicted molar refractivity (Wildman–Crippen MR) is 143 cm³/mol. The summed E-state index contributed by atoms with van der Waals surface area (Å²) in [7, 11) is -2.13. The van der Waals surface area contributed by atoms with E-state index in [4.69, 9.17) is 16.3 Å². The van der Waals surface area contributed by atoms with Crippen molar-refractivity contribution in [2.75, 3.05) is 19.9 Å². The maximum absolute atomic E-state index is 14.5. The highest BCUT2D eigenvalue weighted by atomic mass is 35.5. The summed E-state index contributed by atoms with van der Waals surface area (Å²) in [6.45, 7) is 2.38. The van der Waals surface area contributed by atoms with E-state index in [-0.39, 0.29) is 23.1 Å². The maximum Gasteiger partial charge on any atom is 0.338 e. The zero-order valence-corrected chi connectivity index (χ0v) is 23.6. The summed E-state index contributed by atoms with van der Waals surface area (Å²) in [5, 5.41) is 5.13. The SMILES string of the molecule is CCCN(C1CCC(C2=C(C(=O)OC)C(c3ccc(F)c(F)c3Cl)N=C(c3nccs3)N2)CC1)S(C)(=O)=O. The smallest absolute Gasteiger partial charge is 0.338 e. The average molecular weight is 587 g/mol. The lowest BCUT2D eigenvalue weighted by molar-refractivity contribution is -0.136. The third-order valence-corrected chi connectivity index (χ3v) is 9.35. The predicted octanol–water partition coefficient (Wildman–Crippen LogP) is 4.82. The van der Waals surface area contributed by atoms with Gasteiger partial charge in [0.15, 0.2) is 22.5 Å². The summed E-state index contributed by atoms with van der Waals surface area (Å²) >= 11 is 7.55. The second kappa shape index (κ2) is 11.8. The number of allylic oxidation sites excluding steroid dienone is 1. The molecule has 8 nitrogen and oxygen atoms in total. The molecule has 0 saturated heterocycles. The number of hydrogen-bond donors (Lipinski definition) is 1. The van der Waals surface area contributed by atoms with Crippen molar-refractivity contribution in [3.8, 4) is 0 Å². The number of carbonyl (C=O) groups excluding carboxylic acids is 1. The number of carbonyl (C=O) groups is 1. The van der Waals surface area contributed by atoms with Crippen molar-refractivity contribution < 1.29 is 26.7 Å². The van der Waals surface area contributed by atoms with Gasteiger partial charge >= 0.3 is 5.97 Å². The van der Waals surface area contributed by atoms with E-state index in [1.807, 2.05) is 6.92 Å². The van der Waals surface area contributed by atoms with Gasteiger partial charge in [-0.15, -0.1) is 11.3 Å². The summed E-state index contributed by atoms with van der Waals surface area (Å²) in [6.07, 6.45) is 5.91. The zero-order chi connectivity index (χ0) is 27.6. The quantitative estimate of drug-likeness (QED) is 0.351. The van der Waals surface area contributed by atoms with E-state index >= 15 is 0 Å². The Morgan fingerprint density at radius 3 is 2.55 bits per heavy atom. The number of nitrogens with zero attached hydrogens (tertiary/aromatic N) is 3. The van der Waals surface area contributed by atoms with Crippen LogP contribution in [-0.4, -0.2) is 55.5 Å². The number of rotatable bonds is 8. The summed E-state index contributed by atoms with van der Waals surface area (Å²) in [6, 6.07) is 1.05. The number of benzene rings is 1. The Kier molecular flexibility index (Phi) is 8.85. The summed E-state index contributed by atoms with van der Waals surface area (Å²) in [5.41, 5.74) is 0.819. The fraction of sp³-hybridized carbons (Fsp3) is 0.480. The van der Waals surface area contributed by atoms with Crippen molar-refractivity contribution >= 4 is 44.8 Å². The molecular formula is C25H29ClF2N4O4S2. The second-order valence-corrected chi connectivity index (χ2v) is 12.5. The first-order valence-electron chi connectivity index (χ1n) is 12.2. The number of thiazole rings is 1. The minimum absolute atomic E-state index is 0.124. The van der Waals surface area contributed by atoms with E-state index in [0.29, 0.717) is 55.2 Å². The van der Waals surface area contributed by atoms with Crippen LogP contribution in [0.4, 0.5) is 8.78 Å². The van der Waals surface area contributed by atoms with E-state index in [9.17, 15) is 22.0 Å². The number of aliphatic imine (C=N–C) groups is 1. The van der Waals surface area contributed by atoms with Crippen LogP contribution < -0.4 is 5.32 Å². The number of ether oxygens (including phenoxy) is 1. The fourth-order valence-electron chi connectivity index (χ4n) is 5.14. The number of aromatic nitrogens is 1. The molecule has 0 spiro atoms. The van der Waals surface area contributed by atoms with Gasteiger partial charge in [-0.25, -0.2) is 27.0 Å². The Balaban J connectivity index is 1.76. The molecular weight excluding hydrogens is 558 g/mol. The molecule has 0 radical (unpaired) electrons. The number of amidine groups is 1. The molecule has 1 atom stereocenters. The molecule has 1 fully saturated rings.